The number of nitrogens with zero attached hydrogens (tertiary/aromatic N) is 2. The number of carbonyl (C=O) groups excluding carboxylic acids is 1. The van der Waals surface area contributed by atoms with Crippen molar-refractivity contribution in [2.75, 3.05) is 25.5 Å². The van der Waals surface area contributed by atoms with Gasteiger partial charge in [0.15, 0.2) is 0 Å². The first kappa shape index (κ1) is 17.4. The van der Waals surface area contributed by atoms with Crippen molar-refractivity contribution in [3.05, 3.63) is 59.9 Å². The highest BCUT2D eigenvalue weighted by molar-refractivity contribution is 5.82. The molecule has 2 unspecified atom stereocenters. The van der Waals surface area contributed by atoms with E-state index in [0.717, 1.165) is 18.4 Å². The third-order valence-corrected chi connectivity index (χ3v) is 4.47. The molecule has 0 saturated carbocycles. The van der Waals surface area contributed by atoms with E-state index >= 15 is 0 Å². The van der Waals surface area contributed by atoms with Crippen LogP contribution in [-0.2, 0) is 11.2 Å². The first-order valence-electron chi connectivity index (χ1n) is 8.58. The van der Waals surface area contributed by atoms with Crippen LogP contribution in [0.25, 0.3) is 0 Å². The third kappa shape index (κ3) is 4.55. The van der Waals surface area contributed by atoms with Crippen LogP contribution in [0, 0.1) is 0 Å². The van der Waals surface area contributed by atoms with Gasteiger partial charge in [0.25, 0.3) is 0 Å². The van der Waals surface area contributed by atoms with Gasteiger partial charge < -0.3 is 10.2 Å². The molecule has 1 aliphatic heterocycles. The predicted octanol–water partition coefficient (Wildman–Crippen LogP) is 1.41. The number of anilines is 1. The fourth-order valence-corrected chi connectivity index (χ4v) is 2.94. The quantitative estimate of drug-likeness (QED) is 0.742. The molecule has 132 valence electrons. The van der Waals surface area contributed by atoms with Crippen LogP contribution in [0.5, 0.6) is 0 Å². The van der Waals surface area contributed by atoms with Crippen LogP contribution in [0.2, 0.25) is 0 Å². The molecule has 2 heterocycles. The van der Waals surface area contributed by atoms with Crippen LogP contribution >= 0.6 is 0 Å². The van der Waals surface area contributed by atoms with Crippen LogP contribution in [0.3, 0.4) is 0 Å². The number of hydrazine groups is 1. The Balaban J connectivity index is 1.44. The van der Waals surface area contributed by atoms with Gasteiger partial charge in [-0.2, -0.15) is 0 Å². The summed E-state index contributed by atoms with van der Waals surface area (Å²) in [6.45, 7) is 0.635. The SMILES string of the molecule is CN(C)c1ccc(CCNC(=O)C2CC(c3cccnc3)NN2)cc1. The normalized spacial score (nSPS) is 19.6. The minimum Gasteiger partial charge on any atom is -0.378 e. The van der Waals surface area contributed by atoms with E-state index in [1.54, 1.807) is 6.20 Å². The first-order chi connectivity index (χ1) is 12.1. The average molecular weight is 339 g/mol. The molecule has 1 aromatic heterocycles. The number of aromatic nitrogens is 1. The van der Waals surface area contributed by atoms with E-state index in [4.69, 9.17) is 0 Å². The van der Waals surface area contributed by atoms with E-state index in [0.29, 0.717) is 6.54 Å². The molecular weight excluding hydrogens is 314 g/mol. The highest BCUT2D eigenvalue weighted by Crippen LogP contribution is 2.21. The maximum atomic E-state index is 12.3. The van der Waals surface area contributed by atoms with Crippen molar-refractivity contribution in [1.82, 2.24) is 21.2 Å². The Labute approximate surface area is 148 Å². The van der Waals surface area contributed by atoms with E-state index < -0.39 is 0 Å². The average Bonchev–Trinajstić information content (AvgIpc) is 3.13. The van der Waals surface area contributed by atoms with Gasteiger partial charge in [0.1, 0.15) is 6.04 Å². The summed E-state index contributed by atoms with van der Waals surface area (Å²) in [5.74, 6) is 0.0313. The number of hydrogen-bond donors (Lipinski definition) is 3. The van der Waals surface area contributed by atoms with Crippen LogP contribution < -0.4 is 21.1 Å². The molecule has 3 N–H and O–H groups in total. The van der Waals surface area contributed by atoms with Crippen LogP contribution in [0.1, 0.15) is 23.6 Å². The van der Waals surface area contributed by atoms with Gasteiger partial charge in [0, 0.05) is 44.8 Å². The Bertz CT molecular complexity index is 687. The predicted molar refractivity (Wildman–Crippen MR) is 99.1 cm³/mol. The van der Waals surface area contributed by atoms with Gasteiger partial charge in [0.2, 0.25) is 5.91 Å². The van der Waals surface area contributed by atoms with E-state index in [9.17, 15) is 4.79 Å². The van der Waals surface area contributed by atoms with Crippen molar-refractivity contribution in [1.29, 1.82) is 0 Å². The van der Waals surface area contributed by atoms with Gasteiger partial charge in [-0.05, 0) is 42.2 Å². The minimum atomic E-state index is -0.221. The summed E-state index contributed by atoms with van der Waals surface area (Å²) in [6, 6.07) is 12.2. The number of carbonyl (C=O) groups is 1. The zero-order valence-electron chi connectivity index (χ0n) is 14.7. The highest BCUT2D eigenvalue weighted by Gasteiger charge is 2.29. The number of hydrogen-bond acceptors (Lipinski definition) is 5. The Hall–Kier alpha value is -2.44. The summed E-state index contributed by atoms with van der Waals surface area (Å²) < 4.78 is 0. The number of amides is 1. The Morgan fingerprint density at radius 3 is 2.72 bits per heavy atom. The van der Waals surface area contributed by atoms with Gasteiger partial charge in [0.05, 0.1) is 0 Å². The molecule has 0 aliphatic carbocycles. The molecule has 25 heavy (non-hydrogen) atoms. The van der Waals surface area contributed by atoms with Crippen molar-refractivity contribution < 1.29 is 4.79 Å². The molecular formula is C19H25N5O. The maximum Gasteiger partial charge on any atom is 0.238 e. The molecule has 6 nitrogen and oxygen atoms in total. The van der Waals surface area contributed by atoms with Crippen molar-refractivity contribution in [2.45, 2.75) is 24.9 Å². The molecule has 0 spiro atoms. The summed E-state index contributed by atoms with van der Waals surface area (Å²) >= 11 is 0. The molecule has 1 saturated heterocycles. The lowest BCUT2D eigenvalue weighted by molar-refractivity contribution is -0.122. The second kappa shape index (κ2) is 8.09. The lowest BCUT2D eigenvalue weighted by Crippen LogP contribution is -2.43. The van der Waals surface area contributed by atoms with Gasteiger partial charge in [-0.3, -0.25) is 9.78 Å². The molecule has 3 rings (SSSR count). The van der Waals surface area contributed by atoms with Crippen molar-refractivity contribution in [2.24, 2.45) is 0 Å². The minimum absolute atomic E-state index is 0.0313. The van der Waals surface area contributed by atoms with Gasteiger partial charge >= 0.3 is 0 Å². The number of pyridine rings is 1. The molecule has 2 atom stereocenters. The molecule has 1 aliphatic rings. The summed E-state index contributed by atoms with van der Waals surface area (Å²) in [7, 11) is 4.05. The van der Waals surface area contributed by atoms with Crippen LogP contribution in [0.4, 0.5) is 5.69 Å². The zero-order chi connectivity index (χ0) is 17.6. The second-order valence-corrected chi connectivity index (χ2v) is 6.52. The molecule has 0 radical (unpaired) electrons. The second-order valence-electron chi connectivity index (χ2n) is 6.52. The van der Waals surface area contributed by atoms with Crippen molar-refractivity contribution in [3.63, 3.8) is 0 Å². The zero-order valence-corrected chi connectivity index (χ0v) is 14.7. The fraction of sp³-hybridized carbons (Fsp3) is 0.368. The van der Waals surface area contributed by atoms with E-state index in [1.807, 2.05) is 32.4 Å². The number of nitrogens with one attached hydrogen (secondary N) is 3. The Kier molecular flexibility index (Phi) is 5.63. The molecule has 1 amide bonds. The summed E-state index contributed by atoms with van der Waals surface area (Å²) in [5.41, 5.74) is 9.74. The van der Waals surface area contributed by atoms with Gasteiger partial charge in [-0.1, -0.05) is 18.2 Å². The van der Waals surface area contributed by atoms with Gasteiger partial charge in [-0.15, -0.1) is 0 Å². The molecule has 1 aromatic carbocycles. The largest absolute Gasteiger partial charge is 0.378 e. The summed E-state index contributed by atoms with van der Waals surface area (Å²) in [4.78, 5) is 18.5. The Morgan fingerprint density at radius 1 is 1.24 bits per heavy atom. The van der Waals surface area contributed by atoms with Crippen LogP contribution in [0.15, 0.2) is 48.8 Å². The van der Waals surface area contributed by atoms with Crippen molar-refractivity contribution in [3.8, 4) is 0 Å². The third-order valence-electron chi connectivity index (χ3n) is 4.47. The lowest BCUT2D eigenvalue weighted by atomic mass is 10.0. The number of benzene rings is 1. The molecule has 6 heteroatoms. The van der Waals surface area contributed by atoms with E-state index in [2.05, 4.69) is 50.3 Å². The van der Waals surface area contributed by atoms with Gasteiger partial charge in [-0.25, -0.2) is 10.9 Å². The molecule has 1 fully saturated rings. The molecule has 2 aromatic rings. The summed E-state index contributed by atoms with van der Waals surface area (Å²) in [6.07, 6.45) is 5.12. The lowest BCUT2D eigenvalue weighted by Gasteiger charge is -2.13. The smallest absolute Gasteiger partial charge is 0.238 e. The summed E-state index contributed by atoms with van der Waals surface area (Å²) in [5, 5.41) is 3.01. The highest BCUT2D eigenvalue weighted by atomic mass is 16.2. The molecule has 0 bridgehead atoms. The van der Waals surface area contributed by atoms with Crippen molar-refractivity contribution >= 4 is 11.6 Å². The Morgan fingerprint density at radius 2 is 2.04 bits per heavy atom. The monoisotopic (exact) mass is 339 g/mol. The standard InChI is InChI=1S/C19H25N5O/c1-24(2)16-7-5-14(6-8-16)9-11-21-19(25)18-12-17(22-23-18)15-4-3-10-20-13-15/h3-8,10,13,17-18,22-23H,9,11-12H2,1-2H3,(H,21,25). The van der Waals surface area contributed by atoms with Crippen LogP contribution in [-0.4, -0.2) is 37.6 Å². The maximum absolute atomic E-state index is 12.3. The topological polar surface area (TPSA) is 69.3 Å². The number of rotatable bonds is 6. The van der Waals surface area contributed by atoms with E-state index in [-0.39, 0.29) is 18.0 Å². The fourth-order valence-electron chi connectivity index (χ4n) is 2.94. The first-order valence-corrected chi connectivity index (χ1v) is 8.58. The van der Waals surface area contributed by atoms with E-state index in [1.165, 1.54) is 11.3 Å².